The number of para-hydroxylation sites is 1. The third-order valence-corrected chi connectivity index (χ3v) is 6.77. The van der Waals surface area contributed by atoms with Gasteiger partial charge in [0.25, 0.3) is 5.82 Å². The van der Waals surface area contributed by atoms with Gasteiger partial charge in [0.1, 0.15) is 29.2 Å². The molecule has 0 amide bonds. The summed E-state index contributed by atoms with van der Waals surface area (Å²) in [4.78, 5) is 3.62. The summed E-state index contributed by atoms with van der Waals surface area (Å²) in [7, 11) is 2.09. The molecule has 0 spiro atoms. The molecule has 0 aliphatic carbocycles. The lowest BCUT2D eigenvalue weighted by Crippen LogP contribution is -2.29. The number of aryl methyl sites for hydroxylation is 2. The van der Waals surface area contributed by atoms with Gasteiger partial charge >= 0.3 is 0 Å². The van der Waals surface area contributed by atoms with Crippen molar-refractivity contribution in [1.82, 2.24) is 4.57 Å². The van der Waals surface area contributed by atoms with Crippen molar-refractivity contribution >= 4 is 27.6 Å². The topological polar surface area (TPSA) is 26.3 Å². The molecule has 0 aliphatic rings. The molecule has 0 saturated carbocycles. The Labute approximate surface area is 200 Å². The van der Waals surface area contributed by atoms with E-state index in [4.69, 9.17) is 11.0 Å². The summed E-state index contributed by atoms with van der Waals surface area (Å²) in [5.74, 6) is 1.87. The van der Waals surface area contributed by atoms with Crippen LogP contribution in [0.1, 0.15) is 56.2 Å². The fourth-order valence-corrected chi connectivity index (χ4v) is 5.02. The summed E-state index contributed by atoms with van der Waals surface area (Å²) in [6.07, 6.45) is 4.29. The van der Waals surface area contributed by atoms with Crippen molar-refractivity contribution in [3.05, 3.63) is 89.0 Å². The molecule has 0 aliphatic heterocycles. The minimum atomic E-state index is 0.393. The van der Waals surface area contributed by atoms with Gasteiger partial charge in [0.05, 0.1) is 13.6 Å². The Balaban J connectivity index is 1.88. The van der Waals surface area contributed by atoms with E-state index in [1.165, 1.54) is 16.8 Å². The molecule has 0 N–H and O–H groups in total. The maximum absolute atomic E-state index is 7.42. The molecular weight excluding hydrogens is 418 g/mol. The standard InChI is InChI=1S/C30H30N3O/c1-18(2)22-9-8-10-23(19(3)4)28(22)33-16-15-32(7)30(33)27-20(5)11-13-24-25-17-21(31-6)12-14-26(25)34-29(24)27/h8-19H,1-5,7H3/q+1. The summed E-state index contributed by atoms with van der Waals surface area (Å²) in [5, 5.41) is 2.02. The molecule has 0 saturated heterocycles. The van der Waals surface area contributed by atoms with E-state index in [9.17, 15) is 0 Å². The third-order valence-electron chi connectivity index (χ3n) is 6.77. The summed E-state index contributed by atoms with van der Waals surface area (Å²) >= 11 is 0. The number of fused-ring (bicyclic) bond motifs is 3. The monoisotopic (exact) mass is 448 g/mol. The van der Waals surface area contributed by atoms with Gasteiger partial charge in [-0.3, -0.25) is 0 Å². The van der Waals surface area contributed by atoms with Crippen LogP contribution in [-0.4, -0.2) is 4.57 Å². The average molecular weight is 449 g/mol. The summed E-state index contributed by atoms with van der Waals surface area (Å²) in [6.45, 7) is 18.6. The number of rotatable bonds is 4. The first kappa shape index (κ1) is 22.0. The van der Waals surface area contributed by atoms with Crippen molar-refractivity contribution in [3.8, 4) is 17.1 Å². The van der Waals surface area contributed by atoms with E-state index >= 15 is 0 Å². The number of hydrogen-bond acceptors (Lipinski definition) is 1. The molecule has 4 heteroatoms. The predicted molar refractivity (Wildman–Crippen MR) is 139 cm³/mol. The fourth-order valence-electron chi connectivity index (χ4n) is 5.02. The van der Waals surface area contributed by atoms with Gasteiger partial charge < -0.3 is 4.42 Å². The molecule has 3 aromatic carbocycles. The lowest BCUT2D eigenvalue weighted by molar-refractivity contribution is -0.659. The van der Waals surface area contributed by atoms with E-state index in [0.29, 0.717) is 17.5 Å². The van der Waals surface area contributed by atoms with Crippen molar-refractivity contribution in [3.63, 3.8) is 0 Å². The molecule has 0 atom stereocenters. The fraction of sp³-hybridized carbons (Fsp3) is 0.267. The molecule has 0 fully saturated rings. The van der Waals surface area contributed by atoms with Crippen LogP contribution in [0.3, 0.4) is 0 Å². The smallest absolute Gasteiger partial charge is 0.297 e. The van der Waals surface area contributed by atoms with E-state index in [0.717, 1.165) is 38.9 Å². The zero-order chi connectivity index (χ0) is 24.1. The van der Waals surface area contributed by atoms with Crippen LogP contribution in [0.5, 0.6) is 0 Å². The Morgan fingerprint density at radius 3 is 2.29 bits per heavy atom. The number of imidazole rings is 1. The van der Waals surface area contributed by atoms with Crippen LogP contribution in [0.25, 0.3) is 43.9 Å². The lowest BCUT2D eigenvalue weighted by atomic mass is 9.92. The number of aromatic nitrogens is 2. The highest BCUT2D eigenvalue weighted by Crippen LogP contribution is 2.40. The van der Waals surface area contributed by atoms with Crippen molar-refractivity contribution in [2.45, 2.75) is 46.5 Å². The van der Waals surface area contributed by atoms with Gasteiger partial charge in [-0.2, -0.15) is 4.57 Å². The maximum atomic E-state index is 7.42. The molecule has 0 unspecified atom stereocenters. The molecule has 5 rings (SSSR count). The molecule has 0 bridgehead atoms. The lowest BCUT2D eigenvalue weighted by Gasteiger charge is -2.18. The Morgan fingerprint density at radius 2 is 1.65 bits per heavy atom. The molecular formula is C30H30N3O+. The van der Waals surface area contributed by atoms with Crippen LogP contribution in [0, 0.1) is 13.5 Å². The molecule has 5 aromatic rings. The Kier molecular flexibility index (Phi) is 5.29. The highest BCUT2D eigenvalue weighted by atomic mass is 16.3. The molecule has 4 nitrogen and oxygen atoms in total. The molecule has 0 radical (unpaired) electrons. The van der Waals surface area contributed by atoms with E-state index in [1.54, 1.807) is 0 Å². The largest absolute Gasteiger partial charge is 0.455 e. The van der Waals surface area contributed by atoms with Crippen molar-refractivity contribution in [1.29, 1.82) is 0 Å². The van der Waals surface area contributed by atoms with Crippen molar-refractivity contribution < 1.29 is 8.98 Å². The van der Waals surface area contributed by atoms with Crippen LogP contribution < -0.4 is 4.57 Å². The van der Waals surface area contributed by atoms with Gasteiger partial charge in [-0.15, -0.1) is 0 Å². The van der Waals surface area contributed by atoms with E-state index in [1.807, 2.05) is 18.2 Å². The van der Waals surface area contributed by atoms with Gasteiger partial charge in [0.15, 0.2) is 11.3 Å². The highest BCUT2D eigenvalue weighted by Gasteiger charge is 2.29. The molecule has 170 valence electrons. The Hall–Kier alpha value is -3.84. The summed E-state index contributed by atoms with van der Waals surface area (Å²) < 4.78 is 11.0. The van der Waals surface area contributed by atoms with Crippen LogP contribution in [0.4, 0.5) is 5.69 Å². The Bertz CT molecular complexity index is 1570. The maximum Gasteiger partial charge on any atom is 0.297 e. The molecule has 2 aromatic heterocycles. The van der Waals surface area contributed by atoms with Gasteiger partial charge in [0, 0.05) is 21.9 Å². The van der Waals surface area contributed by atoms with Crippen LogP contribution >= 0.6 is 0 Å². The Morgan fingerprint density at radius 1 is 0.941 bits per heavy atom. The van der Waals surface area contributed by atoms with Crippen LogP contribution in [0.2, 0.25) is 0 Å². The van der Waals surface area contributed by atoms with Gasteiger partial charge in [-0.25, -0.2) is 9.41 Å². The van der Waals surface area contributed by atoms with Gasteiger partial charge in [-0.1, -0.05) is 64.1 Å². The zero-order valence-corrected chi connectivity index (χ0v) is 20.7. The molecule has 2 heterocycles. The third kappa shape index (κ3) is 3.31. The first-order chi connectivity index (χ1) is 16.3. The number of hydrogen-bond donors (Lipinski definition) is 0. The predicted octanol–water partition coefficient (Wildman–Crippen LogP) is 7.97. The second kappa shape index (κ2) is 8.18. The second-order valence-electron chi connectivity index (χ2n) is 9.73. The normalized spacial score (nSPS) is 11.7. The average Bonchev–Trinajstić information content (AvgIpc) is 3.38. The van der Waals surface area contributed by atoms with E-state index in [2.05, 4.69) is 98.4 Å². The second-order valence-corrected chi connectivity index (χ2v) is 9.73. The zero-order valence-electron chi connectivity index (χ0n) is 20.7. The van der Waals surface area contributed by atoms with E-state index in [-0.39, 0.29) is 0 Å². The summed E-state index contributed by atoms with van der Waals surface area (Å²) in [6, 6.07) is 16.6. The quantitative estimate of drug-likeness (QED) is 0.202. The highest BCUT2D eigenvalue weighted by molar-refractivity contribution is 6.10. The molecule has 34 heavy (non-hydrogen) atoms. The van der Waals surface area contributed by atoms with Crippen LogP contribution in [-0.2, 0) is 7.05 Å². The number of furan rings is 1. The van der Waals surface area contributed by atoms with Gasteiger partial charge in [0.2, 0.25) is 0 Å². The number of benzene rings is 3. The SMILES string of the molecule is [C-]#[N+]c1ccc2oc3c(-c4n(-c5c(C(C)C)cccc5C(C)C)cc[n+]4C)c(C)ccc3c2c1. The van der Waals surface area contributed by atoms with Gasteiger partial charge in [-0.05, 0) is 36.5 Å². The first-order valence-corrected chi connectivity index (χ1v) is 11.9. The minimum absolute atomic E-state index is 0.393. The van der Waals surface area contributed by atoms with Crippen LogP contribution in [0.15, 0.2) is 65.3 Å². The number of nitrogens with zero attached hydrogens (tertiary/aromatic N) is 3. The van der Waals surface area contributed by atoms with Crippen molar-refractivity contribution in [2.24, 2.45) is 7.05 Å². The first-order valence-electron chi connectivity index (χ1n) is 11.9. The summed E-state index contributed by atoms with van der Waals surface area (Å²) in [5.41, 5.74) is 8.45. The van der Waals surface area contributed by atoms with Crippen molar-refractivity contribution in [2.75, 3.05) is 0 Å². The van der Waals surface area contributed by atoms with E-state index < -0.39 is 0 Å². The minimum Gasteiger partial charge on any atom is -0.455 e.